The van der Waals surface area contributed by atoms with Gasteiger partial charge in [-0.25, -0.2) is 0 Å². The van der Waals surface area contributed by atoms with Crippen LogP contribution >= 0.6 is 15.9 Å². The lowest BCUT2D eigenvalue weighted by Crippen LogP contribution is -2.04. The van der Waals surface area contributed by atoms with Crippen molar-refractivity contribution in [2.24, 2.45) is 7.05 Å². The summed E-state index contributed by atoms with van der Waals surface area (Å²) >= 11 is 3.51. The predicted octanol–water partition coefficient (Wildman–Crippen LogP) is 2.66. The molecule has 0 aliphatic heterocycles. The van der Waals surface area contributed by atoms with E-state index in [1.165, 1.54) is 0 Å². The Bertz CT molecular complexity index is 596. The first-order valence-electron chi connectivity index (χ1n) is 5.77. The molecule has 0 radical (unpaired) electrons. The maximum absolute atomic E-state index is 5.77. The molecule has 0 aliphatic rings. The fourth-order valence-electron chi connectivity index (χ4n) is 1.79. The van der Waals surface area contributed by atoms with Gasteiger partial charge in [0.15, 0.2) is 11.5 Å². The van der Waals surface area contributed by atoms with Crippen LogP contribution in [0.25, 0.3) is 0 Å². The molecular formula is C13H16BrN3O2. The molecule has 0 unspecified atom stereocenters. The van der Waals surface area contributed by atoms with Crippen LogP contribution in [0, 0.1) is 6.92 Å². The Morgan fingerprint density at radius 1 is 1.37 bits per heavy atom. The Hall–Kier alpha value is -1.69. The molecule has 0 aliphatic carbocycles. The van der Waals surface area contributed by atoms with Crippen molar-refractivity contribution >= 4 is 21.6 Å². The van der Waals surface area contributed by atoms with E-state index in [-0.39, 0.29) is 0 Å². The number of aryl methyl sites for hydroxylation is 2. The van der Waals surface area contributed by atoms with Gasteiger partial charge in [-0.05, 0) is 35.0 Å². The van der Waals surface area contributed by atoms with E-state index in [1.807, 2.05) is 14.0 Å². The highest BCUT2D eigenvalue weighted by molar-refractivity contribution is 9.10. The van der Waals surface area contributed by atoms with Gasteiger partial charge in [-0.15, -0.1) is 0 Å². The topological polar surface area (TPSA) is 62.3 Å². The summed E-state index contributed by atoms with van der Waals surface area (Å²) in [6.07, 6.45) is 0. The van der Waals surface area contributed by atoms with Crippen LogP contribution in [0.4, 0.5) is 5.69 Å². The van der Waals surface area contributed by atoms with E-state index in [2.05, 4.69) is 21.0 Å². The second-order valence-corrected chi connectivity index (χ2v) is 4.96. The van der Waals surface area contributed by atoms with Gasteiger partial charge in [0, 0.05) is 18.8 Å². The number of ether oxygens (including phenoxy) is 2. The molecule has 2 N–H and O–H groups in total. The molecule has 19 heavy (non-hydrogen) atoms. The van der Waals surface area contributed by atoms with Crippen LogP contribution in [-0.4, -0.2) is 16.9 Å². The van der Waals surface area contributed by atoms with Crippen molar-refractivity contribution in [1.82, 2.24) is 9.78 Å². The summed E-state index contributed by atoms with van der Waals surface area (Å²) in [6, 6.07) is 5.31. The van der Waals surface area contributed by atoms with Crippen LogP contribution in [0.15, 0.2) is 22.7 Å². The largest absolute Gasteiger partial charge is 0.493 e. The molecule has 1 aromatic heterocycles. The first-order chi connectivity index (χ1) is 9.02. The lowest BCUT2D eigenvalue weighted by atomic mass is 10.3. The van der Waals surface area contributed by atoms with Gasteiger partial charge >= 0.3 is 0 Å². The molecule has 2 rings (SSSR count). The molecule has 1 heterocycles. The van der Waals surface area contributed by atoms with Gasteiger partial charge in [0.05, 0.1) is 23.0 Å². The predicted molar refractivity (Wildman–Crippen MR) is 77.4 cm³/mol. The van der Waals surface area contributed by atoms with Crippen molar-refractivity contribution in [1.29, 1.82) is 0 Å². The van der Waals surface area contributed by atoms with Crippen molar-refractivity contribution < 1.29 is 9.47 Å². The van der Waals surface area contributed by atoms with E-state index in [4.69, 9.17) is 15.2 Å². The number of hydrogen-bond acceptors (Lipinski definition) is 4. The van der Waals surface area contributed by atoms with Gasteiger partial charge in [-0.2, -0.15) is 5.10 Å². The SMILES string of the molecule is COc1cc(N)ccc1OCc1c(Br)c(C)nn1C. The van der Waals surface area contributed by atoms with Crippen molar-refractivity contribution in [3.63, 3.8) is 0 Å². The van der Waals surface area contributed by atoms with Crippen LogP contribution in [0.2, 0.25) is 0 Å². The van der Waals surface area contributed by atoms with Crippen LogP contribution in [-0.2, 0) is 13.7 Å². The second-order valence-electron chi connectivity index (χ2n) is 4.17. The van der Waals surface area contributed by atoms with Gasteiger partial charge in [0.25, 0.3) is 0 Å². The van der Waals surface area contributed by atoms with Gasteiger partial charge < -0.3 is 15.2 Å². The lowest BCUT2D eigenvalue weighted by Gasteiger charge is -2.11. The van der Waals surface area contributed by atoms with E-state index in [1.54, 1.807) is 30.0 Å². The molecule has 1 aromatic carbocycles. The molecule has 5 nitrogen and oxygen atoms in total. The van der Waals surface area contributed by atoms with Crippen LogP contribution in [0.5, 0.6) is 11.5 Å². The third kappa shape index (κ3) is 2.84. The standard InChI is InChI=1S/C13H16BrN3O2/c1-8-13(14)10(17(2)16-8)7-19-11-5-4-9(15)6-12(11)18-3/h4-6H,7,15H2,1-3H3. The number of aromatic nitrogens is 2. The van der Waals surface area contributed by atoms with Crippen LogP contribution in [0.3, 0.4) is 0 Å². The molecule has 0 saturated heterocycles. The number of nitrogens with two attached hydrogens (primary N) is 1. The monoisotopic (exact) mass is 325 g/mol. The van der Waals surface area contributed by atoms with Crippen molar-refractivity contribution in [2.45, 2.75) is 13.5 Å². The second kappa shape index (κ2) is 5.52. The third-order valence-electron chi connectivity index (χ3n) is 2.81. The summed E-state index contributed by atoms with van der Waals surface area (Å²) in [5.41, 5.74) is 8.25. The smallest absolute Gasteiger partial charge is 0.162 e. The van der Waals surface area contributed by atoms with Gasteiger partial charge in [-0.3, -0.25) is 4.68 Å². The number of nitrogen functional groups attached to an aromatic ring is 1. The Balaban J connectivity index is 2.19. The van der Waals surface area contributed by atoms with Gasteiger partial charge in [0.1, 0.15) is 6.61 Å². The highest BCUT2D eigenvalue weighted by Crippen LogP contribution is 2.30. The molecule has 0 spiro atoms. The average Bonchev–Trinajstić information content (AvgIpc) is 2.62. The zero-order valence-corrected chi connectivity index (χ0v) is 12.7. The van der Waals surface area contributed by atoms with Crippen molar-refractivity contribution in [3.05, 3.63) is 34.1 Å². The Kier molecular flexibility index (Phi) is 3.99. The van der Waals surface area contributed by atoms with E-state index < -0.39 is 0 Å². The maximum atomic E-state index is 5.77. The summed E-state index contributed by atoms with van der Waals surface area (Å²) < 4.78 is 13.8. The Morgan fingerprint density at radius 3 is 2.68 bits per heavy atom. The minimum atomic E-state index is 0.401. The molecule has 102 valence electrons. The fourth-order valence-corrected chi connectivity index (χ4v) is 2.24. The summed E-state index contributed by atoms with van der Waals surface area (Å²) in [6.45, 7) is 2.34. The van der Waals surface area contributed by atoms with Gasteiger partial charge in [0.2, 0.25) is 0 Å². The first kappa shape index (κ1) is 13.7. The number of benzene rings is 1. The quantitative estimate of drug-likeness (QED) is 0.878. The lowest BCUT2D eigenvalue weighted by molar-refractivity contribution is 0.275. The summed E-state index contributed by atoms with van der Waals surface area (Å²) in [7, 11) is 3.47. The van der Waals surface area contributed by atoms with Gasteiger partial charge in [-0.1, -0.05) is 0 Å². The van der Waals surface area contributed by atoms with Crippen molar-refractivity contribution in [2.75, 3.05) is 12.8 Å². The normalized spacial score (nSPS) is 10.5. The average molecular weight is 326 g/mol. The molecule has 0 amide bonds. The van der Waals surface area contributed by atoms with E-state index >= 15 is 0 Å². The number of halogens is 1. The van der Waals surface area contributed by atoms with E-state index in [0.29, 0.717) is 23.8 Å². The fraction of sp³-hybridized carbons (Fsp3) is 0.308. The maximum Gasteiger partial charge on any atom is 0.162 e. The molecule has 0 fully saturated rings. The molecular weight excluding hydrogens is 310 g/mol. The molecule has 6 heteroatoms. The number of nitrogens with zero attached hydrogens (tertiary/aromatic N) is 2. The summed E-state index contributed by atoms with van der Waals surface area (Å²) in [5.74, 6) is 1.28. The highest BCUT2D eigenvalue weighted by atomic mass is 79.9. The summed E-state index contributed by atoms with van der Waals surface area (Å²) in [5, 5.41) is 4.32. The number of methoxy groups -OCH3 is 1. The number of anilines is 1. The molecule has 2 aromatic rings. The minimum absolute atomic E-state index is 0.401. The zero-order chi connectivity index (χ0) is 14.0. The molecule has 0 bridgehead atoms. The number of rotatable bonds is 4. The summed E-state index contributed by atoms with van der Waals surface area (Å²) in [4.78, 5) is 0. The number of hydrogen-bond donors (Lipinski definition) is 1. The van der Waals surface area contributed by atoms with Crippen molar-refractivity contribution in [3.8, 4) is 11.5 Å². The highest BCUT2D eigenvalue weighted by Gasteiger charge is 2.12. The van der Waals surface area contributed by atoms with Crippen LogP contribution < -0.4 is 15.2 Å². The van der Waals surface area contributed by atoms with Crippen LogP contribution in [0.1, 0.15) is 11.4 Å². The van der Waals surface area contributed by atoms with E-state index in [9.17, 15) is 0 Å². The zero-order valence-electron chi connectivity index (χ0n) is 11.1. The molecule has 0 saturated carbocycles. The Labute approximate surface area is 120 Å². The molecule has 0 atom stereocenters. The minimum Gasteiger partial charge on any atom is -0.493 e. The van der Waals surface area contributed by atoms with E-state index in [0.717, 1.165) is 15.9 Å². The Morgan fingerprint density at radius 2 is 2.11 bits per heavy atom. The third-order valence-corrected chi connectivity index (χ3v) is 3.85. The first-order valence-corrected chi connectivity index (χ1v) is 6.56.